The lowest BCUT2D eigenvalue weighted by atomic mass is 10.1. The topological polar surface area (TPSA) is 87.8 Å². The number of rotatable bonds is 3. The molecule has 1 aromatic heterocycles. The van der Waals surface area contributed by atoms with Crippen LogP contribution in [0, 0.1) is 39.0 Å². The van der Waals surface area contributed by atoms with Gasteiger partial charge >= 0.3 is 0 Å². The molecule has 6 heteroatoms. The fourth-order valence-corrected chi connectivity index (χ4v) is 2.29. The van der Waals surface area contributed by atoms with Crippen molar-refractivity contribution < 1.29 is 4.79 Å². The van der Waals surface area contributed by atoms with Gasteiger partial charge < -0.3 is 5.32 Å². The van der Waals surface area contributed by atoms with E-state index < -0.39 is 5.56 Å². The first-order chi connectivity index (χ1) is 10.8. The van der Waals surface area contributed by atoms with Crippen LogP contribution < -0.4 is 10.9 Å². The third-order valence-electron chi connectivity index (χ3n) is 3.70. The molecule has 1 amide bonds. The Kier molecular flexibility index (Phi) is 4.60. The molecule has 0 radical (unpaired) electrons. The highest BCUT2D eigenvalue weighted by molar-refractivity contribution is 5.91. The first kappa shape index (κ1) is 16.4. The molecule has 1 heterocycles. The van der Waals surface area contributed by atoms with Gasteiger partial charge in [0, 0.05) is 5.69 Å². The lowest BCUT2D eigenvalue weighted by molar-refractivity contribution is -0.117. The zero-order valence-electron chi connectivity index (χ0n) is 13.6. The molecule has 0 bridgehead atoms. The maximum absolute atomic E-state index is 12.2. The standard InChI is InChI=1S/C17H18N4O2/c1-10-5-6-15(11(2)7-10)19-16(22)9-21-17(23)14(8-18)12(3)13(4)20-21/h5-7H,9H2,1-4H3,(H,19,22). The van der Waals surface area contributed by atoms with Crippen LogP contribution >= 0.6 is 0 Å². The van der Waals surface area contributed by atoms with Gasteiger partial charge in [-0.15, -0.1) is 0 Å². The van der Waals surface area contributed by atoms with Crippen LogP contribution in [0.25, 0.3) is 0 Å². The van der Waals surface area contributed by atoms with Gasteiger partial charge in [-0.3, -0.25) is 9.59 Å². The van der Waals surface area contributed by atoms with E-state index in [4.69, 9.17) is 5.26 Å². The zero-order valence-corrected chi connectivity index (χ0v) is 13.6. The predicted octanol–water partition coefficient (Wildman–Crippen LogP) is 1.99. The Morgan fingerprint density at radius 2 is 2.00 bits per heavy atom. The normalized spacial score (nSPS) is 10.2. The molecule has 23 heavy (non-hydrogen) atoms. The fourth-order valence-electron chi connectivity index (χ4n) is 2.29. The van der Waals surface area contributed by atoms with Gasteiger partial charge in [0.05, 0.1) is 5.69 Å². The van der Waals surface area contributed by atoms with Crippen LogP contribution in [0.4, 0.5) is 5.69 Å². The number of benzene rings is 1. The quantitative estimate of drug-likeness (QED) is 0.939. The second kappa shape index (κ2) is 6.44. The van der Waals surface area contributed by atoms with Gasteiger partial charge in [0.15, 0.2) is 0 Å². The van der Waals surface area contributed by atoms with E-state index in [-0.39, 0.29) is 18.0 Å². The number of aromatic nitrogens is 2. The van der Waals surface area contributed by atoms with Gasteiger partial charge in [-0.25, -0.2) is 4.68 Å². The Morgan fingerprint density at radius 1 is 1.30 bits per heavy atom. The number of aryl methyl sites for hydroxylation is 3. The number of hydrogen-bond acceptors (Lipinski definition) is 4. The first-order valence-electron chi connectivity index (χ1n) is 7.19. The van der Waals surface area contributed by atoms with Gasteiger partial charge in [0.25, 0.3) is 5.56 Å². The Morgan fingerprint density at radius 3 is 2.61 bits per heavy atom. The molecule has 0 saturated heterocycles. The highest BCUT2D eigenvalue weighted by atomic mass is 16.2. The summed E-state index contributed by atoms with van der Waals surface area (Å²) in [6.07, 6.45) is 0. The molecular formula is C17H18N4O2. The average Bonchev–Trinajstić information content (AvgIpc) is 2.48. The van der Waals surface area contributed by atoms with Crippen LogP contribution in [-0.2, 0) is 11.3 Å². The highest BCUT2D eigenvalue weighted by Crippen LogP contribution is 2.15. The molecule has 1 N–H and O–H groups in total. The summed E-state index contributed by atoms with van der Waals surface area (Å²) in [5, 5.41) is 15.9. The van der Waals surface area contributed by atoms with Crippen LogP contribution in [0.1, 0.15) is 27.9 Å². The Bertz CT molecular complexity index is 875. The van der Waals surface area contributed by atoms with Gasteiger partial charge in [-0.2, -0.15) is 10.4 Å². The molecule has 6 nitrogen and oxygen atoms in total. The van der Waals surface area contributed by atoms with Crippen LogP contribution in [0.3, 0.4) is 0 Å². The second-order valence-electron chi connectivity index (χ2n) is 5.53. The highest BCUT2D eigenvalue weighted by Gasteiger charge is 2.14. The third-order valence-corrected chi connectivity index (χ3v) is 3.70. The number of hydrogen-bond donors (Lipinski definition) is 1. The van der Waals surface area contributed by atoms with Crippen LogP contribution in [0.2, 0.25) is 0 Å². The number of anilines is 1. The van der Waals surface area contributed by atoms with Crippen molar-refractivity contribution in [2.45, 2.75) is 34.2 Å². The van der Waals surface area contributed by atoms with Gasteiger partial charge in [-0.05, 0) is 44.9 Å². The third kappa shape index (κ3) is 3.46. The van der Waals surface area contributed by atoms with Crippen molar-refractivity contribution in [3.8, 4) is 6.07 Å². The zero-order chi connectivity index (χ0) is 17.1. The van der Waals surface area contributed by atoms with E-state index >= 15 is 0 Å². The molecule has 118 valence electrons. The average molecular weight is 310 g/mol. The van der Waals surface area contributed by atoms with Crippen molar-refractivity contribution in [1.82, 2.24) is 9.78 Å². The van der Waals surface area contributed by atoms with E-state index in [0.29, 0.717) is 16.9 Å². The van der Waals surface area contributed by atoms with Crippen molar-refractivity contribution in [2.24, 2.45) is 0 Å². The maximum Gasteiger partial charge on any atom is 0.285 e. The van der Waals surface area contributed by atoms with Gasteiger partial charge in [-0.1, -0.05) is 17.7 Å². The number of amides is 1. The lowest BCUT2D eigenvalue weighted by Gasteiger charge is -2.11. The Balaban J connectivity index is 2.26. The van der Waals surface area contributed by atoms with E-state index in [1.165, 1.54) is 0 Å². The van der Waals surface area contributed by atoms with E-state index in [9.17, 15) is 9.59 Å². The largest absolute Gasteiger partial charge is 0.324 e. The van der Waals surface area contributed by atoms with Crippen LogP contribution in [0.5, 0.6) is 0 Å². The molecule has 0 aliphatic carbocycles. The van der Waals surface area contributed by atoms with E-state index in [1.807, 2.05) is 38.1 Å². The first-order valence-corrected chi connectivity index (χ1v) is 7.19. The number of nitriles is 1. The summed E-state index contributed by atoms with van der Waals surface area (Å²) in [5.74, 6) is -0.362. The fraction of sp³-hybridized carbons (Fsp3) is 0.294. The smallest absolute Gasteiger partial charge is 0.285 e. The summed E-state index contributed by atoms with van der Waals surface area (Å²) in [6.45, 7) is 7.01. The molecule has 0 saturated carbocycles. The molecule has 2 aromatic rings. The van der Waals surface area contributed by atoms with Crippen LogP contribution in [-0.4, -0.2) is 15.7 Å². The Hall–Kier alpha value is -2.94. The molecule has 0 aliphatic heterocycles. The van der Waals surface area contributed by atoms with Crippen molar-refractivity contribution in [2.75, 3.05) is 5.32 Å². The van der Waals surface area contributed by atoms with E-state index in [2.05, 4.69) is 10.4 Å². The van der Waals surface area contributed by atoms with Crippen molar-refractivity contribution >= 4 is 11.6 Å². The molecule has 1 aromatic carbocycles. The number of nitrogens with one attached hydrogen (secondary N) is 1. The summed E-state index contributed by atoms with van der Waals surface area (Å²) < 4.78 is 1.03. The molecule has 2 rings (SSSR count). The minimum absolute atomic E-state index is 0.0248. The molecular weight excluding hydrogens is 292 g/mol. The lowest BCUT2D eigenvalue weighted by Crippen LogP contribution is -2.32. The van der Waals surface area contributed by atoms with E-state index in [0.717, 1.165) is 15.8 Å². The molecule has 0 spiro atoms. The summed E-state index contributed by atoms with van der Waals surface area (Å²) in [5.41, 5.74) is 3.31. The van der Waals surface area contributed by atoms with Crippen LogP contribution in [0.15, 0.2) is 23.0 Å². The monoisotopic (exact) mass is 310 g/mol. The summed E-state index contributed by atoms with van der Waals surface area (Å²) in [7, 11) is 0. The Labute approximate surface area is 134 Å². The molecule has 0 fully saturated rings. The number of nitrogens with zero attached hydrogens (tertiary/aromatic N) is 3. The molecule has 0 atom stereocenters. The maximum atomic E-state index is 12.2. The predicted molar refractivity (Wildman–Crippen MR) is 87.2 cm³/mol. The van der Waals surface area contributed by atoms with Gasteiger partial charge in [0.1, 0.15) is 18.2 Å². The number of carbonyl (C=O) groups excluding carboxylic acids is 1. The van der Waals surface area contributed by atoms with Crippen molar-refractivity contribution in [1.29, 1.82) is 5.26 Å². The minimum Gasteiger partial charge on any atom is -0.324 e. The van der Waals surface area contributed by atoms with Gasteiger partial charge in [0.2, 0.25) is 5.91 Å². The van der Waals surface area contributed by atoms with E-state index in [1.54, 1.807) is 13.8 Å². The summed E-state index contributed by atoms with van der Waals surface area (Å²) in [6, 6.07) is 7.56. The SMILES string of the molecule is Cc1ccc(NC(=O)Cn2nc(C)c(C)c(C#N)c2=O)c(C)c1. The molecule has 0 unspecified atom stereocenters. The minimum atomic E-state index is -0.550. The van der Waals surface area contributed by atoms with Crippen molar-refractivity contribution in [3.05, 3.63) is 56.5 Å². The second-order valence-corrected chi connectivity index (χ2v) is 5.53. The van der Waals surface area contributed by atoms with Crippen molar-refractivity contribution in [3.63, 3.8) is 0 Å². The summed E-state index contributed by atoms with van der Waals surface area (Å²) in [4.78, 5) is 24.3. The number of carbonyl (C=O) groups is 1. The summed E-state index contributed by atoms with van der Waals surface area (Å²) >= 11 is 0. The molecule has 0 aliphatic rings.